The Balaban J connectivity index is 0.000000366. The summed E-state index contributed by atoms with van der Waals surface area (Å²) in [5.41, 5.74) is 1.72. The Morgan fingerprint density at radius 1 is 1.14 bits per heavy atom. The van der Waals surface area contributed by atoms with Crippen molar-refractivity contribution in [3.8, 4) is 11.3 Å². The summed E-state index contributed by atoms with van der Waals surface area (Å²) in [7, 11) is 1.71. The number of ketones is 1. The normalized spacial score (nSPS) is 15.0. The van der Waals surface area contributed by atoms with Crippen molar-refractivity contribution in [1.29, 1.82) is 0 Å². The third-order valence-electron chi connectivity index (χ3n) is 7.35. The first kappa shape index (κ1) is 37.8. The van der Waals surface area contributed by atoms with Crippen molar-refractivity contribution in [2.45, 2.75) is 87.0 Å². The first-order valence-corrected chi connectivity index (χ1v) is 15.4. The number of methoxy groups -OCH3 is 1. The number of nitrogens with zero attached hydrogens (tertiary/aromatic N) is 3. The lowest BCUT2D eigenvalue weighted by Crippen LogP contribution is -2.38. The maximum atomic E-state index is 14.1. The zero-order valence-electron chi connectivity index (χ0n) is 27.4. The number of piperidine rings is 1. The van der Waals surface area contributed by atoms with Crippen LogP contribution in [-0.2, 0) is 15.9 Å². The van der Waals surface area contributed by atoms with Gasteiger partial charge in [0.15, 0.2) is 17.4 Å². The van der Waals surface area contributed by atoms with Crippen LogP contribution in [0.5, 0.6) is 0 Å². The molecule has 43 heavy (non-hydrogen) atoms. The molecule has 2 aromatic rings. The van der Waals surface area contributed by atoms with Crippen LogP contribution in [0.2, 0.25) is 0 Å². The van der Waals surface area contributed by atoms with E-state index in [1.807, 2.05) is 25.7 Å². The second-order valence-electron chi connectivity index (χ2n) is 11.1. The lowest BCUT2D eigenvalue weighted by molar-refractivity contribution is 0.0748. The molecule has 240 valence electrons. The molecule has 1 aromatic heterocycles. The van der Waals surface area contributed by atoms with Crippen molar-refractivity contribution < 1.29 is 27.8 Å². The van der Waals surface area contributed by atoms with E-state index in [0.29, 0.717) is 24.1 Å². The van der Waals surface area contributed by atoms with Gasteiger partial charge in [-0.15, -0.1) is 0 Å². The van der Waals surface area contributed by atoms with Crippen molar-refractivity contribution in [2.24, 2.45) is 16.3 Å². The van der Waals surface area contributed by atoms with E-state index in [1.54, 1.807) is 19.4 Å². The predicted octanol–water partition coefficient (Wildman–Crippen LogP) is 8.85. The van der Waals surface area contributed by atoms with E-state index in [4.69, 9.17) is 9.47 Å². The van der Waals surface area contributed by atoms with Crippen LogP contribution in [0.4, 0.5) is 19.3 Å². The predicted molar refractivity (Wildman–Crippen MR) is 170 cm³/mol. The summed E-state index contributed by atoms with van der Waals surface area (Å²) in [6.07, 6.45) is 7.94. The average Bonchev–Trinajstić information content (AvgIpc) is 3.76. The van der Waals surface area contributed by atoms with Crippen molar-refractivity contribution in [3.63, 3.8) is 0 Å². The fourth-order valence-electron chi connectivity index (χ4n) is 4.14. The zero-order valence-corrected chi connectivity index (χ0v) is 27.4. The Labute approximate surface area is 257 Å². The number of likely N-dealkylation sites (tertiary alicyclic amines) is 1. The van der Waals surface area contributed by atoms with E-state index in [1.165, 1.54) is 31.9 Å². The van der Waals surface area contributed by atoms with Crippen molar-refractivity contribution in [1.82, 2.24) is 9.88 Å². The van der Waals surface area contributed by atoms with Gasteiger partial charge in [-0.1, -0.05) is 41.5 Å². The fraction of sp³-hybridized carbons (Fsp3) is 0.588. The molecule has 0 spiro atoms. The molecule has 1 aromatic carbocycles. The molecule has 0 atom stereocenters. The van der Waals surface area contributed by atoms with Crippen LogP contribution in [0.3, 0.4) is 0 Å². The average molecular weight is 604 g/mol. The van der Waals surface area contributed by atoms with Crippen molar-refractivity contribution >= 4 is 24.3 Å². The van der Waals surface area contributed by atoms with Gasteiger partial charge < -0.3 is 14.4 Å². The van der Waals surface area contributed by atoms with Crippen molar-refractivity contribution in [3.05, 3.63) is 47.2 Å². The number of hydrogen-bond donors (Lipinski definition) is 0. The number of Topliss-reactive ketones (excluding diaryl/α,β-unsaturated/α-hetero) is 1. The maximum absolute atomic E-state index is 14.1. The Morgan fingerprint density at radius 2 is 1.77 bits per heavy atom. The molecule has 1 amide bonds. The number of halogens is 2. The van der Waals surface area contributed by atoms with Gasteiger partial charge in [-0.25, -0.2) is 13.6 Å². The summed E-state index contributed by atoms with van der Waals surface area (Å²) < 4.78 is 38.0. The van der Waals surface area contributed by atoms with Gasteiger partial charge >= 0.3 is 6.09 Å². The van der Waals surface area contributed by atoms with E-state index >= 15 is 0 Å². The number of aryl methyl sites for hydroxylation is 1. The number of hydrogen-bond acceptors (Lipinski definition) is 6. The molecule has 1 saturated carbocycles. The Kier molecular flexibility index (Phi) is 16.8. The summed E-state index contributed by atoms with van der Waals surface area (Å²) in [4.78, 5) is 32.7. The smallest absolute Gasteiger partial charge is 0.409 e. The second kappa shape index (κ2) is 19.2. The quantitative estimate of drug-likeness (QED) is 0.222. The number of aromatic nitrogens is 1. The van der Waals surface area contributed by atoms with E-state index in [-0.39, 0.29) is 22.9 Å². The van der Waals surface area contributed by atoms with Crippen LogP contribution in [0, 0.1) is 23.0 Å². The molecule has 2 heterocycles. The molecule has 1 aliphatic heterocycles. The Bertz CT molecular complexity index is 1170. The minimum Gasteiger partial charge on any atom is -0.449 e. The first-order chi connectivity index (χ1) is 20.5. The maximum Gasteiger partial charge on any atom is 0.409 e. The molecular formula is C34H51F2N3O4. The van der Waals surface area contributed by atoms with Crippen LogP contribution < -0.4 is 0 Å². The number of rotatable bonds is 8. The van der Waals surface area contributed by atoms with Crippen LogP contribution >= 0.6 is 0 Å². The summed E-state index contributed by atoms with van der Waals surface area (Å²) in [5, 5.41) is 0. The first-order valence-electron chi connectivity index (χ1n) is 15.4. The van der Waals surface area contributed by atoms with Gasteiger partial charge in [0.25, 0.3) is 0 Å². The Hall–Kier alpha value is -3.20. The molecule has 0 unspecified atom stereocenters. The number of carbonyl (C=O) groups excluding carboxylic acids is 2. The Morgan fingerprint density at radius 3 is 2.23 bits per heavy atom. The van der Waals surface area contributed by atoms with Gasteiger partial charge in [-0.05, 0) is 81.8 Å². The van der Waals surface area contributed by atoms with Gasteiger partial charge in [-0.3, -0.25) is 14.8 Å². The van der Waals surface area contributed by atoms with Gasteiger partial charge in [-0.2, -0.15) is 0 Å². The zero-order chi connectivity index (χ0) is 32.6. The number of aliphatic imine (C=N–C) groups is 1. The summed E-state index contributed by atoms with van der Waals surface area (Å²) in [6.45, 7) is 20.3. The minimum atomic E-state index is -1.16. The third kappa shape index (κ3) is 12.1. The van der Waals surface area contributed by atoms with Crippen LogP contribution in [0.25, 0.3) is 11.3 Å². The summed E-state index contributed by atoms with van der Waals surface area (Å²) in [5.74, 6) is -2.01. The molecule has 2 fully saturated rings. The number of benzene rings is 1. The number of ether oxygens (including phenoxy) is 2. The van der Waals surface area contributed by atoms with Gasteiger partial charge in [0.05, 0.1) is 23.6 Å². The summed E-state index contributed by atoms with van der Waals surface area (Å²) >= 11 is 0. The van der Waals surface area contributed by atoms with Crippen molar-refractivity contribution in [2.75, 3.05) is 33.4 Å². The highest BCUT2D eigenvalue weighted by Gasteiger charge is 2.39. The highest BCUT2D eigenvalue weighted by molar-refractivity contribution is 5.94. The largest absolute Gasteiger partial charge is 0.449 e. The molecule has 9 heteroatoms. The van der Waals surface area contributed by atoms with Gasteiger partial charge in [0.2, 0.25) is 0 Å². The number of amides is 1. The molecule has 0 bridgehead atoms. The van der Waals surface area contributed by atoms with E-state index < -0.39 is 17.4 Å². The highest BCUT2D eigenvalue weighted by atomic mass is 19.2. The van der Waals surface area contributed by atoms with E-state index in [9.17, 15) is 18.4 Å². The lowest BCUT2D eigenvalue weighted by Gasteiger charge is -2.29. The standard InChI is InChI=1S/C16H14F2N2O.C12H21NO2.C4H10O.C2H6/c1-4-10-8-20-14(7-13(10)19-3)12-6-5-11(9(2)21)15(17)16(12)18;1-10-3-7-13(8-4-10)11(14)15-9-12(2)5-6-12;1-3-4-5-2;1-2/h5-8H,3-4H2,1-2H3;10H,3-9H2,1-2H3;3-4H2,1-2H3;1-2H3. The SMILES string of the molecule is C=Nc1cc(-c2ccc(C(C)=O)c(F)c2F)ncc1CC.CC.CC1CCN(C(=O)OCC2(C)CC2)CC1.CCCOC. The van der Waals surface area contributed by atoms with E-state index in [2.05, 4.69) is 37.5 Å². The van der Waals surface area contributed by atoms with Gasteiger partial charge in [0.1, 0.15) is 0 Å². The molecule has 0 radical (unpaired) electrons. The fourth-order valence-corrected chi connectivity index (χ4v) is 4.14. The molecule has 1 saturated heterocycles. The van der Waals surface area contributed by atoms with Gasteiger partial charge in [0, 0.05) is 44.0 Å². The molecule has 4 rings (SSSR count). The number of carbonyl (C=O) groups is 2. The van der Waals surface area contributed by atoms with Crippen LogP contribution in [-0.4, -0.2) is 61.9 Å². The third-order valence-corrected chi connectivity index (χ3v) is 7.35. The number of pyridine rings is 1. The molecule has 1 aliphatic carbocycles. The topological polar surface area (TPSA) is 81.1 Å². The molecule has 7 nitrogen and oxygen atoms in total. The highest BCUT2D eigenvalue weighted by Crippen LogP contribution is 2.45. The van der Waals surface area contributed by atoms with Crippen LogP contribution in [0.15, 0.2) is 29.4 Å². The second-order valence-corrected chi connectivity index (χ2v) is 11.1. The molecule has 0 N–H and O–H groups in total. The summed E-state index contributed by atoms with van der Waals surface area (Å²) in [6, 6.07) is 4.15. The van der Waals surface area contributed by atoms with Crippen LogP contribution in [0.1, 0.15) is 96.5 Å². The molecular weight excluding hydrogens is 552 g/mol. The lowest BCUT2D eigenvalue weighted by atomic mass is 10.00. The minimum absolute atomic E-state index is 0.00921. The molecule has 2 aliphatic rings. The van der Waals surface area contributed by atoms with E-state index in [0.717, 1.165) is 50.4 Å². The monoisotopic (exact) mass is 603 g/mol.